The molecule has 0 saturated heterocycles. The van der Waals surface area contributed by atoms with E-state index < -0.39 is 6.10 Å². The van der Waals surface area contributed by atoms with Crippen LogP contribution in [0.25, 0.3) is 10.8 Å². The van der Waals surface area contributed by atoms with Gasteiger partial charge in [0.1, 0.15) is 0 Å². The normalized spacial score (nSPS) is 15.8. The van der Waals surface area contributed by atoms with Crippen LogP contribution in [0.15, 0.2) is 57.9 Å². The lowest BCUT2D eigenvalue weighted by Crippen LogP contribution is -2.40. The van der Waals surface area contributed by atoms with Crippen molar-refractivity contribution in [3.63, 3.8) is 0 Å². The van der Waals surface area contributed by atoms with Gasteiger partial charge >= 0.3 is 0 Å². The van der Waals surface area contributed by atoms with Crippen molar-refractivity contribution in [1.29, 1.82) is 0 Å². The summed E-state index contributed by atoms with van der Waals surface area (Å²) in [5, 5.41) is 16.1. The summed E-state index contributed by atoms with van der Waals surface area (Å²) in [4.78, 5) is 14.8. The van der Waals surface area contributed by atoms with E-state index in [0.717, 1.165) is 29.4 Å². The van der Waals surface area contributed by atoms with Crippen molar-refractivity contribution in [2.24, 2.45) is 0 Å². The number of nitrogens with zero attached hydrogens (tertiary/aromatic N) is 3. The molecule has 0 amide bonds. The fourth-order valence-corrected chi connectivity index (χ4v) is 3.93. The molecule has 0 radical (unpaired) electrons. The molecule has 1 aliphatic rings. The first kappa shape index (κ1) is 17.4. The first-order valence-electron chi connectivity index (χ1n) is 8.73. The first-order valence-corrected chi connectivity index (χ1v) is 9.52. The lowest BCUT2D eigenvalue weighted by atomic mass is 10.00. The number of aliphatic hydroxyl groups is 1. The summed E-state index contributed by atoms with van der Waals surface area (Å²) in [6, 6.07) is 13.9. The van der Waals surface area contributed by atoms with Crippen LogP contribution < -0.4 is 5.56 Å². The van der Waals surface area contributed by atoms with Gasteiger partial charge in [0.15, 0.2) is 0 Å². The van der Waals surface area contributed by atoms with Gasteiger partial charge in [0.2, 0.25) is 0 Å². The Morgan fingerprint density at radius 3 is 2.81 bits per heavy atom. The summed E-state index contributed by atoms with van der Waals surface area (Å²) in [5.41, 5.74) is 2.53. The molecule has 1 unspecified atom stereocenters. The van der Waals surface area contributed by atoms with Crippen LogP contribution in [0, 0.1) is 0 Å². The summed E-state index contributed by atoms with van der Waals surface area (Å²) < 4.78 is 2.27. The molecule has 0 aliphatic carbocycles. The zero-order valence-corrected chi connectivity index (χ0v) is 15.9. The highest BCUT2D eigenvalue weighted by molar-refractivity contribution is 9.10. The molecule has 1 N–H and O–H groups in total. The highest BCUT2D eigenvalue weighted by atomic mass is 79.9. The summed E-state index contributed by atoms with van der Waals surface area (Å²) in [7, 11) is 0. The minimum atomic E-state index is -0.640. The van der Waals surface area contributed by atoms with Crippen molar-refractivity contribution in [2.75, 3.05) is 13.1 Å². The maximum atomic E-state index is 12.6. The SMILES string of the molecule is O=c1c2ccc(Br)cc2cnn1CC(O)CN1CCc2ccccc2C1. The van der Waals surface area contributed by atoms with E-state index in [1.54, 1.807) is 12.3 Å². The van der Waals surface area contributed by atoms with Crippen molar-refractivity contribution < 1.29 is 5.11 Å². The lowest BCUT2D eigenvalue weighted by molar-refractivity contribution is 0.0878. The van der Waals surface area contributed by atoms with Gasteiger partial charge in [-0.3, -0.25) is 9.69 Å². The third-order valence-electron chi connectivity index (χ3n) is 4.88. The van der Waals surface area contributed by atoms with E-state index >= 15 is 0 Å². The molecule has 0 spiro atoms. The number of fused-ring (bicyclic) bond motifs is 2. The lowest BCUT2D eigenvalue weighted by Gasteiger charge is -2.30. The molecule has 2 heterocycles. The van der Waals surface area contributed by atoms with Gasteiger partial charge in [0.05, 0.1) is 24.2 Å². The van der Waals surface area contributed by atoms with Crippen LogP contribution in [-0.2, 0) is 19.5 Å². The molecule has 1 aliphatic heterocycles. The number of hydrogen-bond acceptors (Lipinski definition) is 4. The minimum absolute atomic E-state index is 0.168. The van der Waals surface area contributed by atoms with Crippen molar-refractivity contribution >= 4 is 26.7 Å². The van der Waals surface area contributed by atoms with Crippen molar-refractivity contribution in [3.8, 4) is 0 Å². The largest absolute Gasteiger partial charge is 0.390 e. The van der Waals surface area contributed by atoms with E-state index in [-0.39, 0.29) is 12.1 Å². The molecule has 26 heavy (non-hydrogen) atoms. The van der Waals surface area contributed by atoms with Crippen LogP contribution in [0.3, 0.4) is 0 Å². The van der Waals surface area contributed by atoms with E-state index in [4.69, 9.17) is 0 Å². The average Bonchev–Trinajstić information content (AvgIpc) is 2.64. The van der Waals surface area contributed by atoms with E-state index in [2.05, 4.69) is 50.2 Å². The summed E-state index contributed by atoms with van der Waals surface area (Å²) >= 11 is 3.40. The maximum Gasteiger partial charge on any atom is 0.274 e. The zero-order chi connectivity index (χ0) is 18.1. The third-order valence-corrected chi connectivity index (χ3v) is 5.37. The Labute approximate surface area is 160 Å². The smallest absolute Gasteiger partial charge is 0.274 e. The van der Waals surface area contributed by atoms with Crippen molar-refractivity contribution in [1.82, 2.24) is 14.7 Å². The number of rotatable bonds is 4. The van der Waals surface area contributed by atoms with E-state index in [1.807, 2.05) is 12.1 Å². The average molecular weight is 414 g/mol. The Bertz CT molecular complexity index is 1000. The molecule has 2 aromatic carbocycles. The van der Waals surface area contributed by atoms with Gasteiger partial charge in [-0.15, -0.1) is 0 Å². The van der Waals surface area contributed by atoms with Crippen molar-refractivity contribution in [2.45, 2.75) is 25.6 Å². The molecule has 0 fully saturated rings. The second kappa shape index (κ2) is 7.31. The number of aromatic nitrogens is 2. The second-order valence-corrected chi connectivity index (χ2v) is 7.69. The monoisotopic (exact) mass is 413 g/mol. The quantitative estimate of drug-likeness (QED) is 0.713. The van der Waals surface area contributed by atoms with Gasteiger partial charge < -0.3 is 5.11 Å². The molecule has 3 aromatic rings. The molecule has 6 heteroatoms. The fourth-order valence-electron chi connectivity index (χ4n) is 3.55. The van der Waals surface area contributed by atoms with Gasteiger partial charge in [-0.25, -0.2) is 4.68 Å². The van der Waals surface area contributed by atoms with Gasteiger partial charge in [-0.1, -0.05) is 40.2 Å². The predicted molar refractivity (Wildman–Crippen MR) is 105 cm³/mol. The third kappa shape index (κ3) is 3.58. The Morgan fingerprint density at radius 1 is 1.15 bits per heavy atom. The standard InChI is InChI=1S/C20H20BrN3O2/c21-17-5-6-19-16(9-17)10-22-24(20(19)26)13-18(25)12-23-8-7-14-3-1-2-4-15(14)11-23/h1-6,9-10,18,25H,7-8,11-13H2. The topological polar surface area (TPSA) is 58.4 Å². The number of aliphatic hydroxyl groups excluding tert-OH is 1. The van der Waals surface area contributed by atoms with Crippen LogP contribution in [0.1, 0.15) is 11.1 Å². The zero-order valence-electron chi connectivity index (χ0n) is 14.3. The van der Waals surface area contributed by atoms with E-state index in [0.29, 0.717) is 11.9 Å². The molecular formula is C20H20BrN3O2. The van der Waals surface area contributed by atoms with Gasteiger partial charge in [0.25, 0.3) is 5.56 Å². The maximum absolute atomic E-state index is 12.6. The number of hydrogen-bond donors (Lipinski definition) is 1. The molecule has 1 aromatic heterocycles. The highest BCUT2D eigenvalue weighted by Crippen LogP contribution is 2.19. The molecule has 4 rings (SSSR count). The molecular weight excluding hydrogens is 394 g/mol. The summed E-state index contributed by atoms with van der Waals surface area (Å²) in [6.45, 7) is 2.48. The van der Waals surface area contributed by atoms with Gasteiger partial charge in [0, 0.05) is 29.5 Å². The predicted octanol–water partition coefficient (Wildman–Crippen LogP) is 2.58. The highest BCUT2D eigenvalue weighted by Gasteiger charge is 2.19. The molecule has 5 nitrogen and oxygen atoms in total. The van der Waals surface area contributed by atoms with E-state index in [9.17, 15) is 9.90 Å². The minimum Gasteiger partial charge on any atom is -0.390 e. The summed E-state index contributed by atoms with van der Waals surface area (Å²) in [6.07, 6.45) is 2.02. The number of benzene rings is 2. The number of β-amino-alcohol motifs (C(OH)–C–C–N with tert-alkyl or cyclic N) is 1. The Hall–Kier alpha value is -2.02. The van der Waals surface area contributed by atoms with Crippen LogP contribution in [0.2, 0.25) is 0 Å². The van der Waals surface area contributed by atoms with Crippen molar-refractivity contribution in [3.05, 3.63) is 74.6 Å². The van der Waals surface area contributed by atoms with E-state index in [1.165, 1.54) is 15.8 Å². The summed E-state index contributed by atoms with van der Waals surface area (Å²) in [5.74, 6) is 0. The van der Waals surface area contributed by atoms with Crippen LogP contribution in [0.4, 0.5) is 0 Å². The second-order valence-electron chi connectivity index (χ2n) is 6.77. The number of halogens is 1. The Morgan fingerprint density at radius 2 is 1.96 bits per heavy atom. The molecule has 1 atom stereocenters. The molecule has 134 valence electrons. The van der Waals surface area contributed by atoms with Gasteiger partial charge in [-0.05, 0) is 35.7 Å². The van der Waals surface area contributed by atoms with Crippen LogP contribution >= 0.6 is 15.9 Å². The molecule has 0 saturated carbocycles. The first-order chi connectivity index (χ1) is 12.6. The van der Waals surface area contributed by atoms with Gasteiger partial charge in [-0.2, -0.15) is 5.10 Å². The molecule has 0 bridgehead atoms. The van der Waals surface area contributed by atoms with Crippen LogP contribution in [-0.4, -0.2) is 39.0 Å². The van der Waals surface area contributed by atoms with Crippen LogP contribution in [0.5, 0.6) is 0 Å². The Balaban J connectivity index is 1.46. The fraction of sp³-hybridized carbons (Fsp3) is 0.300. The Kier molecular flexibility index (Phi) is 4.89.